The summed E-state index contributed by atoms with van der Waals surface area (Å²) in [6.45, 7) is 2.13. The van der Waals surface area contributed by atoms with Crippen LogP contribution in [0.4, 0.5) is 8.78 Å². The van der Waals surface area contributed by atoms with Gasteiger partial charge in [-0.1, -0.05) is 18.9 Å². The van der Waals surface area contributed by atoms with E-state index in [1.165, 1.54) is 18.2 Å². The fraction of sp³-hybridized carbons (Fsp3) is 0.360. The Hall–Kier alpha value is -3.06. The highest BCUT2D eigenvalue weighted by Crippen LogP contribution is 2.45. The second-order valence-corrected chi connectivity index (χ2v) is 8.88. The van der Waals surface area contributed by atoms with E-state index in [0.717, 1.165) is 60.2 Å². The highest BCUT2D eigenvalue weighted by atomic mass is 19.1. The van der Waals surface area contributed by atoms with Crippen LogP contribution in [-0.2, 0) is 11.2 Å². The van der Waals surface area contributed by atoms with Gasteiger partial charge in [-0.2, -0.15) is 5.10 Å². The molecule has 32 heavy (non-hydrogen) atoms. The van der Waals surface area contributed by atoms with Gasteiger partial charge in [0.2, 0.25) is 0 Å². The topological polar surface area (TPSA) is 69.2 Å². The zero-order valence-electron chi connectivity index (χ0n) is 17.8. The molecule has 2 N–H and O–H groups in total. The van der Waals surface area contributed by atoms with Crippen molar-refractivity contribution in [2.24, 2.45) is 0 Å². The van der Waals surface area contributed by atoms with Crippen molar-refractivity contribution in [2.45, 2.75) is 57.2 Å². The molecule has 0 saturated heterocycles. The zero-order valence-corrected chi connectivity index (χ0v) is 17.8. The van der Waals surface area contributed by atoms with Gasteiger partial charge in [0.05, 0.1) is 17.8 Å². The van der Waals surface area contributed by atoms with E-state index in [9.17, 15) is 4.79 Å². The van der Waals surface area contributed by atoms with Crippen molar-refractivity contribution in [3.63, 3.8) is 0 Å². The standard InChI is InChI=1S/C25H25F2N3O2/c1-14-10-18-17(7-8-22-19(18)13-28-29-22)25(30(14)16-4-2-3-5-16)24-20(26)11-15(12-21(24)27)6-9-23(31)32/h6-9,11-14,16,25H,2-5,10H2,1H3,(H,28,29)(H,31,32)/b9-6+/t14-,25+/m1/s1. The van der Waals surface area contributed by atoms with Crippen molar-refractivity contribution in [1.29, 1.82) is 0 Å². The number of fused-ring (bicyclic) bond motifs is 3. The number of nitrogens with zero attached hydrogens (tertiary/aromatic N) is 2. The normalized spacial score (nSPS) is 22.1. The summed E-state index contributed by atoms with van der Waals surface area (Å²) < 4.78 is 31.0. The van der Waals surface area contributed by atoms with Crippen LogP contribution in [0, 0.1) is 11.6 Å². The van der Waals surface area contributed by atoms with Crippen molar-refractivity contribution in [3.8, 4) is 0 Å². The molecule has 2 heterocycles. The maximum atomic E-state index is 15.5. The number of rotatable bonds is 4. The van der Waals surface area contributed by atoms with Gasteiger partial charge in [0.1, 0.15) is 11.6 Å². The zero-order chi connectivity index (χ0) is 22.4. The lowest BCUT2D eigenvalue weighted by molar-refractivity contribution is -0.131. The Kier molecular flexibility index (Phi) is 5.29. The molecule has 0 radical (unpaired) electrons. The largest absolute Gasteiger partial charge is 0.478 e. The van der Waals surface area contributed by atoms with Gasteiger partial charge in [-0.15, -0.1) is 0 Å². The lowest BCUT2D eigenvalue weighted by atomic mass is 9.81. The Bertz CT molecular complexity index is 1190. The summed E-state index contributed by atoms with van der Waals surface area (Å²) in [5.74, 6) is -2.48. The molecule has 1 aliphatic heterocycles. The van der Waals surface area contributed by atoms with Crippen LogP contribution in [0.3, 0.4) is 0 Å². The van der Waals surface area contributed by atoms with E-state index in [2.05, 4.69) is 22.0 Å². The number of carboxylic acid groups (broad SMARTS) is 1. The highest BCUT2D eigenvalue weighted by Gasteiger charge is 2.41. The maximum absolute atomic E-state index is 15.5. The molecular formula is C25H25F2N3O2. The predicted molar refractivity (Wildman–Crippen MR) is 118 cm³/mol. The highest BCUT2D eigenvalue weighted by molar-refractivity contribution is 5.85. The first-order valence-electron chi connectivity index (χ1n) is 11.1. The second kappa shape index (κ2) is 8.13. The molecule has 5 rings (SSSR count). The van der Waals surface area contributed by atoms with Crippen molar-refractivity contribution >= 4 is 22.9 Å². The third-order valence-electron chi connectivity index (χ3n) is 6.91. The monoisotopic (exact) mass is 437 g/mol. The molecular weight excluding hydrogens is 412 g/mol. The molecule has 7 heteroatoms. The summed E-state index contributed by atoms with van der Waals surface area (Å²) in [7, 11) is 0. The van der Waals surface area contributed by atoms with Gasteiger partial charge in [0.25, 0.3) is 0 Å². The van der Waals surface area contributed by atoms with Gasteiger partial charge in [-0.25, -0.2) is 13.6 Å². The SMILES string of the molecule is C[C@@H]1Cc2c(ccc3[nH]ncc23)[C@@H](c2c(F)cc(/C=C/C(=O)O)cc2F)N1C1CCCC1. The van der Waals surface area contributed by atoms with E-state index in [1.807, 2.05) is 12.1 Å². The van der Waals surface area contributed by atoms with Crippen LogP contribution in [0.2, 0.25) is 0 Å². The summed E-state index contributed by atoms with van der Waals surface area (Å²) in [6.07, 6.45) is 8.96. The Morgan fingerprint density at radius 2 is 1.94 bits per heavy atom. The number of aromatic nitrogens is 2. The van der Waals surface area contributed by atoms with Gasteiger partial charge in [0.15, 0.2) is 0 Å². The molecule has 1 aliphatic carbocycles. The predicted octanol–water partition coefficient (Wildman–Crippen LogP) is 5.22. The average molecular weight is 437 g/mol. The molecule has 0 amide bonds. The number of H-pyrrole nitrogens is 1. The molecule has 5 nitrogen and oxygen atoms in total. The number of carbonyl (C=O) groups is 1. The van der Waals surface area contributed by atoms with E-state index in [1.54, 1.807) is 6.20 Å². The number of hydrogen-bond donors (Lipinski definition) is 2. The molecule has 1 saturated carbocycles. The minimum atomic E-state index is -1.17. The molecule has 2 atom stereocenters. The van der Waals surface area contributed by atoms with Crippen LogP contribution >= 0.6 is 0 Å². The Morgan fingerprint density at radius 3 is 2.62 bits per heavy atom. The molecule has 0 bridgehead atoms. The van der Waals surface area contributed by atoms with Gasteiger partial charge in [-0.05, 0) is 67.2 Å². The molecule has 1 aromatic heterocycles. The third-order valence-corrected chi connectivity index (χ3v) is 6.91. The minimum absolute atomic E-state index is 0.0278. The van der Waals surface area contributed by atoms with Crippen molar-refractivity contribution in [2.75, 3.05) is 0 Å². The van der Waals surface area contributed by atoms with Crippen LogP contribution in [-0.4, -0.2) is 38.3 Å². The quantitative estimate of drug-likeness (QED) is 0.550. The molecule has 2 aromatic carbocycles. The first-order chi connectivity index (χ1) is 15.4. The average Bonchev–Trinajstić information content (AvgIpc) is 3.43. The van der Waals surface area contributed by atoms with Crippen molar-refractivity contribution < 1.29 is 18.7 Å². The van der Waals surface area contributed by atoms with Crippen LogP contribution in [0.1, 0.15) is 60.9 Å². The maximum Gasteiger partial charge on any atom is 0.328 e. The Labute approximate surface area is 184 Å². The Balaban J connectivity index is 1.69. The second-order valence-electron chi connectivity index (χ2n) is 8.88. The van der Waals surface area contributed by atoms with E-state index in [-0.39, 0.29) is 23.2 Å². The molecule has 0 unspecified atom stereocenters. The molecule has 1 fully saturated rings. The summed E-state index contributed by atoms with van der Waals surface area (Å²) >= 11 is 0. The lowest BCUT2D eigenvalue weighted by Gasteiger charge is -2.46. The first-order valence-corrected chi connectivity index (χ1v) is 11.1. The van der Waals surface area contributed by atoms with Gasteiger partial charge >= 0.3 is 5.97 Å². The number of benzene rings is 2. The summed E-state index contributed by atoms with van der Waals surface area (Å²) in [6, 6.07) is 6.17. The van der Waals surface area contributed by atoms with E-state index in [4.69, 9.17) is 5.11 Å². The molecule has 2 aliphatic rings. The Morgan fingerprint density at radius 1 is 1.22 bits per heavy atom. The van der Waals surface area contributed by atoms with Gasteiger partial charge in [0, 0.05) is 29.1 Å². The smallest absolute Gasteiger partial charge is 0.328 e. The molecule has 166 valence electrons. The number of hydrogen-bond acceptors (Lipinski definition) is 3. The number of nitrogens with one attached hydrogen (secondary N) is 1. The van der Waals surface area contributed by atoms with Crippen molar-refractivity contribution in [1.82, 2.24) is 15.1 Å². The summed E-state index contributed by atoms with van der Waals surface area (Å²) in [5, 5.41) is 17.0. The van der Waals surface area contributed by atoms with Crippen LogP contribution in [0.5, 0.6) is 0 Å². The molecule has 3 aromatic rings. The van der Waals surface area contributed by atoms with Gasteiger partial charge < -0.3 is 5.11 Å². The first kappa shape index (κ1) is 20.8. The van der Waals surface area contributed by atoms with E-state index in [0.29, 0.717) is 0 Å². The van der Waals surface area contributed by atoms with E-state index < -0.39 is 23.6 Å². The van der Waals surface area contributed by atoms with Crippen molar-refractivity contribution in [3.05, 3.63) is 70.4 Å². The minimum Gasteiger partial charge on any atom is -0.478 e. The van der Waals surface area contributed by atoms with Crippen LogP contribution < -0.4 is 0 Å². The summed E-state index contributed by atoms with van der Waals surface area (Å²) in [4.78, 5) is 13.1. The fourth-order valence-electron chi connectivity index (χ4n) is 5.60. The number of aliphatic carboxylic acids is 1. The number of aromatic amines is 1. The fourth-order valence-corrected chi connectivity index (χ4v) is 5.60. The third kappa shape index (κ3) is 3.50. The number of halogens is 2. The number of carboxylic acids is 1. The van der Waals surface area contributed by atoms with Gasteiger partial charge in [-0.3, -0.25) is 10.00 Å². The van der Waals surface area contributed by atoms with E-state index >= 15 is 8.78 Å². The van der Waals surface area contributed by atoms with Crippen LogP contribution in [0.25, 0.3) is 17.0 Å². The summed E-state index contributed by atoms with van der Waals surface area (Å²) in [5.41, 5.74) is 3.12. The lowest BCUT2D eigenvalue weighted by Crippen LogP contribution is -2.48. The molecule has 0 spiro atoms. The van der Waals surface area contributed by atoms with Crippen LogP contribution in [0.15, 0.2) is 36.5 Å².